The number of carbonyl (C=O) groups excluding carboxylic acids is 2. The molecule has 3 aromatic rings. The van der Waals surface area contributed by atoms with E-state index in [0.717, 1.165) is 5.56 Å². The topological polar surface area (TPSA) is 105 Å². The van der Waals surface area contributed by atoms with Gasteiger partial charge >= 0.3 is 11.8 Å². The summed E-state index contributed by atoms with van der Waals surface area (Å²) in [6.07, 6.45) is 1.34. The fraction of sp³-hybridized carbons (Fsp3) is 0.182. The van der Waals surface area contributed by atoms with Crippen molar-refractivity contribution in [3.8, 4) is 0 Å². The summed E-state index contributed by atoms with van der Waals surface area (Å²) in [6.45, 7) is 1.51. The van der Waals surface area contributed by atoms with E-state index in [2.05, 4.69) is 10.6 Å². The highest BCUT2D eigenvalue weighted by Gasteiger charge is 2.32. The fourth-order valence-corrected chi connectivity index (χ4v) is 4.45. The maximum atomic E-state index is 13.1. The zero-order valence-electron chi connectivity index (χ0n) is 16.7. The van der Waals surface area contributed by atoms with Gasteiger partial charge in [-0.2, -0.15) is 0 Å². The molecule has 2 N–H and O–H groups in total. The monoisotopic (exact) mass is 444 g/mol. The lowest BCUT2D eigenvalue weighted by molar-refractivity contribution is -0.139. The number of aryl methyl sites for hydroxylation is 1. The lowest BCUT2D eigenvalue weighted by atomic mass is 10.2. The number of nitrogens with one attached hydrogen (secondary N) is 2. The van der Waals surface area contributed by atoms with E-state index >= 15 is 0 Å². The van der Waals surface area contributed by atoms with Crippen molar-refractivity contribution in [3.63, 3.8) is 0 Å². The molecule has 0 bridgehead atoms. The molecule has 2 amide bonds. The Bertz CT molecular complexity index is 1140. The van der Waals surface area contributed by atoms with E-state index in [4.69, 9.17) is 4.42 Å². The van der Waals surface area contributed by atoms with E-state index in [1.54, 1.807) is 18.2 Å². The molecule has 0 aliphatic rings. The molecule has 3 rings (SSSR count). The first-order valence-corrected chi connectivity index (χ1v) is 11.0. The lowest BCUT2D eigenvalue weighted by Crippen LogP contribution is -2.42. The van der Waals surface area contributed by atoms with Crippen LogP contribution < -0.4 is 10.6 Å². The molecular weight excluding hydrogens is 423 g/mol. The largest absolute Gasteiger partial charge is 0.468 e. The minimum absolute atomic E-state index is 0.0236. The number of benzene rings is 2. The summed E-state index contributed by atoms with van der Waals surface area (Å²) in [6, 6.07) is 14.8. The quantitative estimate of drug-likeness (QED) is 0.545. The number of hydrogen-bond donors (Lipinski definition) is 2. The molecule has 0 saturated carbocycles. The van der Waals surface area contributed by atoms with Gasteiger partial charge in [-0.1, -0.05) is 29.8 Å². The van der Waals surface area contributed by atoms with Crippen molar-refractivity contribution in [1.29, 1.82) is 0 Å². The van der Waals surface area contributed by atoms with Crippen LogP contribution in [0.15, 0.2) is 76.2 Å². The molecule has 1 heterocycles. The molecule has 1 aromatic heterocycles. The van der Waals surface area contributed by atoms with E-state index in [9.17, 15) is 22.4 Å². The molecule has 0 spiro atoms. The van der Waals surface area contributed by atoms with Crippen LogP contribution in [0.25, 0.3) is 0 Å². The number of halogens is 1. The Labute approximate surface area is 179 Å². The van der Waals surface area contributed by atoms with Crippen molar-refractivity contribution in [2.24, 2.45) is 0 Å². The van der Waals surface area contributed by atoms with Gasteiger partial charge in [-0.15, -0.1) is 0 Å². The van der Waals surface area contributed by atoms with Gasteiger partial charge in [-0.3, -0.25) is 9.59 Å². The van der Waals surface area contributed by atoms with Crippen LogP contribution in [0.3, 0.4) is 0 Å². The van der Waals surface area contributed by atoms with Gasteiger partial charge < -0.3 is 15.1 Å². The van der Waals surface area contributed by atoms with Crippen LogP contribution >= 0.6 is 0 Å². The maximum absolute atomic E-state index is 13.1. The number of amides is 2. The van der Waals surface area contributed by atoms with E-state index in [-0.39, 0.29) is 23.7 Å². The molecular formula is C22H21FN2O5S. The first kappa shape index (κ1) is 22.2. The Balaban J connectivity index is 1.68. The van der Waals surface area contributed by atoms with Crippen LogP contribution in [0.2, 0.25) is 0 Å². The van der Waals surface area contributed by atoms with Crippen molar-refractivity contribution in [2.45, 2.75) is 23.6 Å². The highest BCUT2D eigenvalue weighted by molar-refractivity contribution is 7.91. The molecule has 0 aliphatic carbocycles. The predicted octanol–water partition coefficient (Wildman–Crippen LogP) is 2.67. The highest BCUT2D eigenvalue weighted by atomic mass is 32.2. The van der Waals surface area contributed by atoms with Crippen LogP contribution in [-0.4, -0.2) is 26.8 Å². The predicted molar refractivity (Wildman–Crippen MR) is 111 cm³/mol. The normalized spacial score (nSPS) is 12.2. The Hall–Kier alpha value is -3.46. The summed E-state index contributed by atoms with van der Waals surface area (Å²) in [4.78, 5) is 24.3. The molecule has 31 heavy (non-hydrogen) atoms. The van der Waals surface area contributed by atoms with Crippen molar-refractivity contribution >= 4 is 21.7 Å². The van der Waals surface area contributed by atoms with Crippen LogP contribution in [0.4, 0.5) is 4.39 Å². The third-order valence-corrected chi connectivity index (χ3v) is 6.68. The number of carbonyl (C=O) groups is 2. The second-order valence-corrected chi connectivity index (χ2v) is 9.01. The van der Waals surface area contributed by atoms with E-state index in [0.29, 0.717) is 5.56 Å². The van der Waals surface area contributed by atoms with Crippen molar-refractivity contribution in [3.05, 3.63) is 89.6 Å². The van der Waals surface area contributed by atoms with E-state index in [1.807, 2.05) is 6.92 Å². The Kier molecular flexibility index (Phi) is 6.86. The molecule has 0 aliphatic heterocycles. The zero-order chi connectivity index (χ0) is 22.4. The molecule has 1 atom stereocenters. The summed E-state index contributed by atoms with van der Waals surface area (Å²) in [7, 11) is -3.90. The molecule has 0 saturated heterocycles. The van der Waals surface area contributed by atoms with Gasteiger partial charge in [0.1, 0.15) is 16.8 Å². The molecule has 2 aromatic carbocycles. The second-order valence-electron chi connectivity index (χ2n) is 6.88. The summed E-state index contributed by atoms with van der Waals surface area (Å²) >= 11 is 0. The van der Waals surface area contributed by atoms with Gasteiger partial charge in [0, 0.05) is 13.1 Å². The Morgan fingerprint density at radius 2 is 1.61 bits per heavy atom. The second kappa shape index (κ2) is 9.57. The lowest BCUT2D eigenvalue weighted by Gasteiger charge is -2.17. The SMILES string of the molecule is Cc1ccc(S(=O)(=O)C(CNC(=O)C(=O)NCc2ccc(F)cc2)c2ccco2)cc1. The molecule has 7 nitrogen and oxygen atoms in total. The fourth-order valence-electron chi connectivity index (χ4n) is 2.86. The van der Waals surface area contributed by atoms with Gasteiger partial charge in [-0.05, 0) is 48.9 Å². The van der Waals surface area contributed by atoms with Crippen LogP contribution in [-0.2, 0) is 26.0 Å². The molecule has 162 valence electrons. The maximum Gasteiger partial charge on any atom is 0.309 e. The first-order chi connectivity index (χ1) is 14.8. The smallest absolute Gasteiger partial charge is 0.309 e. The standard InChI is InChI=1S/C22H21FN2O5S/c1-15-4-10-18(11-5-15)31(28,29)20(19-3-2-12-30-19)14-25-22(27)21(26)24-13-16-6-8-17(23)9-7-16/h2-12,20H,13-14H2,1H3,(H,24,26)(H,25,27). The molecule has 0 fully saturated rings. The third kappa shape index (κ3) is 5.58. The average Bonchev–Trinajstić information content (AvgIpc) is 3.27. The van der Waals surface area contributed by atoms with Gasteiger partial charge in [0.2, 0.25) is 0 Å². The summed E-state index contributed by atoms with van der Waals surface area (Å²) < 4.78 is 44.5. The summed E-state index contributed by atoms with van der Waals surface area (Å²) in [5.74, 6) is -2.19. The zero-order valence-corrected chi connectivity index (χ0v) is 17.5. The summed E-state index contributed by atoms with van der Waals surface area (Å²) in [5.41, 5.74) is 1.51. The van der Waals surface area contributed by atoms with Gasteiger partial charge in [0.15, 0.2) is 9.84 Å². The van der Waals surface area contributed by atoms with Gasteiger partial charge in [-0.25, -0.2) is 12.8 Å². The third-order valence-electron chi connectivity index (χ3n) is 4.61. The Morgan fingerprint density at radius 1 is 0.968 bits per heavy atom. The Morgan fingerprint density at radius 3 is 2.23 bits per heavy atom. The van der Waals surface area contributed by atoms with Gasteiger partial charge in [0.25, 0.3) is 0 Å². The van der Waals surface area contributed by atoms with Crippen molar-refractivity contribution in [2.75, 3.05) is 6.54 Å². The van der Waals surface area contributed by atoms with Crippen molar-refractivity contribution in [1.82, 2.24) is 10.6 Å². The average molecular weight is 444 g/mol. The summed E-state index contributed by atoms with van der Waals surface area (Å²) in [5, 5.41) is 3.55. The first-order valence-electron chi connectivity index (χ1n) is 9.42. The number of sulfone groups is 1. The molecule has 9 heteroatoms. The van der Waals surface area contributed by atoms with Crippen LogP contribution in [0.1, 0.15) is 22.1 Å². The number of hydrogen-bond acceptors (Lipinski definition) is 5. The highest BCUT2D eigenvalue weighted by Crippen LogP contribution is 2.29. The molecule has 0 radical (unpaired) electrons. The van der Waals surface area contributed by atoms with Crippen molar-refractivity contribution < 1.29 is 26.8 Å². The minimum Gasteiger partial charge on any atom is -0.468 e. The van der Waals surface area contributed by atoms with Crippen LogP contribution in [0.5, 0.6) is 0 Å². The van der Waals surface area contributed by atoms with Crippen LogP contribution in [0, 0.1) is 12.7 Å². The van der Waals surface area contributed by atoms with E-state index < -0.39 is 32.7 Å². The van der Waals surface area contributed by atoms with Gasteiger partial charge in [0.05, 0.1) is 11.2 Å². The number of furan rings is 1. The van der Waals surface area contributed by atoms with E-state index in [1.165, 1.54) is 48.7 Å². The molecule has 1 unspecified atom stereocenters. The number of rotatable bonds is 7. The minimum atomic E-state index is -3.90.